The fourth-order valence-electron chi connectivity index (χ4n) is 4.14. The molecule has 8 heteroatoms. The summed E-state index contributed by atoms with van der Waals surface area (Å²) in [5.74, 6) is -1.70. The van der Waals surface area contributed by atoms with Gasteiger partial charge in [0.15, 0.2) is 6.04 Å². The minimum Gasteiger partial charge on any atom is -0.624 e. The van der Waals surface area contributed by atoms with E-state index in [1.54, 1.807) is 12.1 Å². The quantitative estimate of drug-likeness (QED) is 0.382. The average molecular weight is 408 g/mol. The minimum absolute atomic E-state index is 0.0664. The summed E-state index contributed by atoms with van der Waals surface area (Å²) in [6, 6.07) is 12.3. The van der Waals surface area contributed by atoms with Crippen molar-refractivity contribution in [3.63, 3.8) is 0 Å². The lowest BCUT2D eigenvalue weighted by atomic mass is 10.0. The summed E-state index contributed by atoms with van der Waals surface area (Å²) in [6.07, 6.45) is 0.145. The van der Waals surface area contributed by atoms with Crippen molar-refractivity contribution < 1.29 is 19.0 Å². The molecule has 2 aromatic rings. The maximum atomic E-state index is 13.5. The number of piperidine rings is 1. The predicted molar refractivity (Wildman–Crippen MR) is 111 cm³/mol. The van der Waals surface area contributed by atoms with Crippen LogP contribution in [0.15, 0.2) is 42.5 Å². The van der Waals surface area contributed by atoms with Gasteiger partial charge in [-0.15, -0.1) is 0 Å². The third kappa shape index (κ3) is 3.60. The summed E-state index contributed by atoms with van der Waals surface area (Å²) in [5, 5.41) is 22.1. The zero-order valence-electron chi connectivity index (χ0n) is 16.7. The number of fused-ring (bicyclic) bond motifs is 1. The van der Waals surface area contributed by atoms with E-state index in [1.165, 1.54) is 5.56 Å². The second kappa shape index (κ2) is 7.98. The molecule has 0 spiro atoms. The number of hydrogen-bond donors (Lipinski definition) is 3. The Kier molecular flexibility index (Phi) is 5.38. The minimum atomic E-state index is -1.27. The Labute approximate surface area is 174 Å². The fourth-order valence-corrected chi connectivity index (χ4v) is 4.14. The SMILES string of the molecule is CNCc1ccc(CNc2cccc3c2C[N+]([O-])(C2CCC(=O)NC2=O)C3=O)cc1. The molecule has 0 bridgehead atoms. The summed E-state index contributed by atoms with van der Waals surface area (Å²) in [7, 11) is 1.90. The van der Waals surface area contributed by atoms with Gasteiger partial charge in [0.05, 0.1) is 5.56 Å². The first-order valence-corrected chi connectivity index (χ1v) is 9.98. The number of anilines is 1. The molecule has 2 atom stereocenters. The molecule has 2 aliphatic rings. The summed E-state index contributed by atoms with van der Waals surface area (Å²) < 4.78 is -1.27. The average Bonchev–Trinajstić information content (AvgIpc) is 2.99. The third-order valence-electron chi connectivity index (χ3n) is 5.74. The highest BCUT2D eigenvalue weighted by Crippen LogP contribution is 2.38. The van der Waals surface area contributed by atoms with Crippen molar-refractivity contribution in [1.29, 1.82) is 0 Å². The number of benzene rings is 2. The number of hydroxylamine groups is 3. The van der Waals surface area contributed by atoms with Gasteiger partial charge in [-0.25, -0.2) is 4.79 Å². The zero-order chi connectivity index (χ0) is 21.3. The van der Waals surface area contributed by atoms with Crippen LogP contribution < -0.4 is 16.0 Å². The number of quaternary nitrogens is 1. The molecule has 8 nitrogen and oxygen atoms in total. The van der Waals surface area contributed by atoms with Crippen LogP contribution in [0.3, 0.4) is 0 Å². The summed E-state index contributed by atoms with van der Waals surface area (Å²) in [4.78, 5) is 36.6. The van der Waals surface area contributed by atoms with Gasteiger partial charge in [-0.3, -0.25) is 19.6 Å². The lowest BCUT2D eigenvalue weighted by Gasteiger charge is -2.42. The Balaban J connectivity index is 1.53. The summed E-state index contributed by atoms with van der Waals surface area (Å²) >= 11 is 0. The van der Waals surface area contributed by atoms with Crippen LogP contribution in [0.4, 0.5) is 5.69 Å². The Hall–Kier alpha value is -3.07. The molecule has 30 heavy (non-hydrogen) atoms. The second-order valence-electron chi connectivity index (χ2n) is 7.76. The second-order valence-corrected chi connectivity index (χ2v) is 7.76. The highest BCUT2D eigenvalue weighted by Gasteiger charge is 2.50. The highest BCUT2D eigenvalue weighted by atomic mass is 16.6. The molecular weight excluding hydrogens is 384 g/mol. The number of nitrogens with zero attached hydrogens (tertiary/aromatic N) is 1. The Bertz CT molecular complexity index is 1000. The van der Waals surface area contributed by atoms with E-state index in [4.69, 9.17) is 0 Å². The number of carbonyl (C=O) groups is 3. The van der Waals surface area contributed by atoms with Crippen molar-refractivity contribution in [2.24, 2.45) is 0 Å². The van der Waals surface area contributed by atoms with Crippen molar-refractivity contribution in [3.8, 4) is 0 Å². The Morgan fingerprint density at radius 3 is 2.43 bits per heavy atom. The van der Waals surface area contributed by atoms with Gasteiger partial charge in [0.2, 0.25) is 5.91 Å². The van der Waals surface area contributed by atoms with Gasteiger partial charge in [-0.1, -0.05) is 30.3 Å². The van der Waals surface area contributed by atoms with Crippen LogP contribution in [0, 0.1) is 5.21 Å². The van der Waals surface area contributed by atoms with Gasteiger partial charge >= 0.3 is 5.91 Å². The Morgan fingerprint density at radius 2 is 1.77 bits per heavy atom. The van der Waals surface area contributed by atoms with Crippen LogP contribution in [-0.2, 0) is 29.2 Å². The summed E-state index contributed by atoms with van der Waals surface area (Å²) in [5.41, 5.74) is 3.93. The van der Waals surface area contributed by atoms with E-state index in [0.717, 1.165) is 12.1 Å². The smallest absolute Gasteiger partial charge is 0.347 e. The van der Waals surface area contributed by atoms with Gasteiger partial charge in [-0.2, -0.15) is 0 Å². The molecule has 1 fully saturated rings. The molecule has 0 aromatic heterocycles. The first-order valence-electron chi connectivity index (χ1n) is 9.98. The molecule has 0 saturated carbocycles. The summed E-state index contributed by atoms with van der Waals surface area (Å²) in [6.45, 7) is 1.22. The maximum Gasteiger partial charge on any atom is 0.347 e. The molecule has 2 heterocycles. The van der Waals surface area contributed by atoms with Crippen LogP contribution in [0.5, 0.6) is 0 Å². The van der Waals surface area contributed by atoms with Crippen LogP contribution in [0.2, 0.25) is 0 Å². The number of nitrogens with one attached hydrogen (secondary N) is 3. The van der Waals surface area contributed by atoms with Crippen molar-refractivity contribution >= 4 is 23.4 Å². The van der Waals surface area contributed by atoms with E-state index >= 15 is 0 Å². The van der Waals surface area contributed by atoms with E-state index in [1.807, 2.05) is 25.2 Å². The van der Waals surface area contributed by atoms with Gasteiger partial charge < -0.3 is 15.8 Å². The number of rotatable bonds is 6. The van der Waals surface area contributed by atoms with E-state index in [0.29, 0.717) is 23.4 Å². The number of hydrogen-bond acceptors (Lipinski definition) is 6. The lowest BCUT2D eigenvalue weighted by Crippen LogP contribution is -2.60. The van der Waals surface area contributed by atoms with Crippen LogP contribution in [0.25, 0.3) is 0 Å². The number of imide groups is 1. The monoisotopic (exact) mass is 408 g/mol. The van der Waals surface area contributed by atoms with Crippen LogP contribution >= 0.6 is 0 Å². The first-order chi connectivity index (χ1) is 14.4. The van der Waals surface area contributed by atoms with Crippen molar-refractivity contribution in [2.75, 3.05) is 12.4 Å². The van der Waals surface area contributed by atoms with Crippen molar-refractivity contribution in [2.45, 2.75) is 38.5 Å². The highest BCUT2D eigenvalue weighted by molar-refractivity contribution is 6.02. The fraction of sp³-hybridized carbons (Fsp3) is 0.318. The van der Waals surface area contributed by atoms with Crippen LogP contribution in [-0.4, -0.2) is 35.5 Å². The van der Waals surface area contributed by atoms with E-state index in [-0.39, 0.29) is 19.4 Å². The standard InChI is InChI=1S/C22H24N4O4/c1-23-11-14-5-7-15(8-6-14)12-24-18-4-2-3-16-17(18)13-26(30,22(16)29)19-9-10-20(27)25-21(19)28/h2-8,19,23-24H,9-13H2,1H3,(H,25,27,28). The number of carbonyl (C=O) groups excluding carboxylic acids is 3. The molecule has 3 N–H and O–H groups in total. The first kappa shape index (κ1) is 20.2. The van der Waals surface area contributed by atoms with Gasteiger partial charge in [0.25, 0.3) is 5.91 Å². The van der Waals surface area contributed by atoms with Crippen molar-refractivity contribution in [1.82, 2.24) is 10.6 Å². The molecule has 2 aliphatic heterocycles. The predicted octanol–water partition coefficient (Wildman–Crippen LogP) is 1.79. The molecule has 2 unspecified atom stereocenters. The van der Waals surface area contributed by atoms with Crippen LogP contribution in [0.1, 0.15) is 39.9 Å². The molecule has 156 valence electrons. The molecule has 0 radical (unpaired) electrons. The van der Waals surface area contributed by atoms with E-state index in [2.05, 4.69) is 28.1 Å². The lowest BCUT2D eigenvalue weighted by molar-refractivity contribution is -0.825. The van der Waals surface area contributed by atoms with E-state index < -0.39 is 28.4 Å². The van der Waals surface area contributed by atoms with Gasteiger partial charge in [0, 0.05) is 37.2 Å². The van der Waals surface area contributed by atoms with E-state index in [9.17, 15) is 19.6 Å². The largest absolute Gasteiger partial charge is 0.624 e. The molecule has 0 aliphatic carbocycles. The third-order valence-corrected chi connectivity index (χ3v) is 5.74. The molecule has 4 rings (SSSR count). The molecule has 2 aromatic carbocycles. The van der Waals surface area contributed by atoms with Crippen molar-refractivity contribution in [3.05, 3.63) is 69.9 Å². The molecular formula is C22H24N4O4. The Morgan fingerprint density at radius 1 is 1.07 bits per heavy atom. The van der Waals surface area contributed by atoms with Gasteiger partial charge in [0.1, 0.15) is 6.54 Å². The maximum absolute atomic E-state index is 13.5. The molecule has 3 amide bonds. The van der Waals surface area contributed by atoms with Gasteiger partial charge in [-0.05, 0) is 30.3 Å². The zero-order valence-corrected chi connectivity index (χ0v) is 16.7. The molecule has 1 saturated heterocycles. The normalized spacial score (nSPS) is 23.3. The number of amides is 3. The topological polar surface area (TPSA) is 110 Å².